The lowest BCUT2D eigenvalue weighted by Gasteiger charge is -2.11. The molecule has 0 amide bonds. The summed E-state index contributed by atoms with van der Waals surface area (Å²) in [7, 11) is 0. The SMILES string of the molecule is C=C(C)CCC(O)Cc1ccc(C)c(C)c1. The summed E-state index contributed by atoms with van der Waals surface area (Å²) >= 11 is 0. The zero-order valence-corrected chi connectivity index (χ0v) is 10.6. The van der Waals surface area contributed by atoms with Crippen LogP contribution in [0.25, 0.3) is 0 Å². The van der Waals surface area contributed by atoms with E-state index in [1.165, 1.54) is 16.7 Å². The minimum Gasteiger partial charge on any atom is -0.393 e. The van der Waals surface area contributed by atoms with Crippen LogP contribution in [0.1, 0.15) is 36.5 Å². The van der Waals surface area contributed by atoms with E-state index in [0.717, 1.165) is 24.8 Å². The lowest BCUT2D eigenvalue weighted by molar-refractivity contribution is 0.165. The van der Waals surface area contributed by atoms with E-state index in [0.29, 0.717) is 0 Å². The number of hydrogen-bond acceptors (Lipinski definition) is 1. The van der Waals surface area contributed by atoms with Crippen LogP contribution in [0.5, 0.6) is 0 Å². The van der Waals surface area contributed by atoms with Crippen molar-refractivity contribution in [2.75, 3.05) is 0 Å². The fourth-order valence-corrected chi connectivity index (χ4v) is 1.72. The molecule has 1 rings (SSSR count). The molecule has 0 radical (unpaired) electrons. The first-order valence-corrected chi connectivity index (χ1v) is 5.87. The maximum absolute atomic E-state index is 9.87. The van der Waals surface area contributed by atoms with E-state index in [1.54, 1.807) is 0 Å². The molecular formula is C15H22O. The first kappa shape index (κ1) is 13.0. The van der Waals surface area contributed by atoms with Crippen LogP contribution >= 0.6 is 0 Å². The van der Waals surface area contributed by atoms with Crippen LogP contribution in [0.2, 0.25) is 0 Å². The zero-order chi connectivity index (χ0) is 12.1. The third-order valence-electron chi connectivity index (χ3n) is 2.95. The molecule has 1 nitrogen and oxygen atoms in total. The minimum absolute atomic E-state index is 0.251. The summed E-state index contributed by atoms with van der Waals surface area (Å²) < 4.78 is 0. The van der Waals surface area contributed by atoms with E-state index in [4.69, 9.17) is 0 Å². The van der Waals surface area contributed by atoms with Gasteiger partial charge in [-0.05, 0) is 56.7 Å². The molecule has 0 bridgehead atoms. The van der Waals surface area contributed by atoms with Gasteiger partial charge in [0.25, 0.3) is 0 Å². The minimum atomic E-state index is -0.251. The Bertz CT molecular complexity index is 366. The summed E-state index contributed by atoms with van der Waals surface area (Å²) in [5.74, 6) is 0. The third kappa shape index (κ3) is 4.19. The van der Waals surface area contributed by atoms with Crippen LogP contribution in [0, 0.1) is 13.8 Å². The molecule has 1 aromatic carbocycles. The molecule has 0 aliphatic rings. The van der Waals surface area contributed by atoms with Gasteiger partial charge in [-0.2, -0.15) is 0 Å². The Kier molecular flexibility index (Phi) is 4.75. The normalized spacial score (nSPS) is 12.5. The van der Waals surface area contributed by atoms with Crippen LogP contribution in [0.3, 0.4) is 0 Å². The monoisotopic (exact) mass is 218 g/mol. The molecule has 1 heteroatoms. The van der Waals surface area contributed by atoms with Crippen molar-refractivity contribution in [1.82, 2.24) is 0 Å². The van der Waals surface area contributed by atoms with Gasteiger partial charge in [0, 0.05) is 0 Å². The smallest absolute Gasteiger partial charge is 0.0583 e. The van der Waals surface area contributed by atoms with Gasteiger partial charge in [-0.25, -0.2) is 0 Å². The second kappa shape index (κ2) is 5.86. The van der Waals surface area contributed by atoms with Gasteiger partial charge < -0.3 is 5.11 Å². The predicted molar refractivity (Wildman–Crippen MR) is 69.7 cm³/mol. The van der Waals surface area contributed by atoms with Gasteiger partial charge >= 0.3 is 0 Å². The number of hydrogen-bond donors (Lipinski definition) is 1. The molecular weight excluding hydrogens is 196 g/mol. The summed E-state index contributed by atoms with van der Waals surface area (Å²) in [4.78, 5) is 0. The number of allylic oxidation sites excluding steroid dienone is 1. The maximum atomic E-state index is 9.87. The number of benzene rings is 1. The lowest BCUT2D eigenvalue weighted by atomic mass is 9.99. The zero-order valence-electron chi connectivity index (χ0n) is 10.6. The van der Waals surface area contributed by atoms with Gasteiger partial charge in [-0.1, -0.05) is 23.8 Å². The molecule has 1 unspecified atom stereocenters. The number of aryl methyl sites for hydroxylation is 2. The van der Waals surface area contributed by atoms with Crippen molar-refractivity contribution in [3.63, 3.8) is 0 Å². The molecule has 0 aliphatic carbocycles. The third-order valence-corrected chi connectivity index (χ3v) is 2.95. The van der Waals surface area contributed by atoms with Gasteiger partial charge in [0.2, 0.25) is 0 Å². The van der Waals surface area contributed by atoms with Crippen LogP contribution in [-0.4, -0.2) is 11.2 Å². The predicted octanol–water partition coefficient (Wildman–Crippen LogP) is 3.56. The second-order valence-corrected chi connectivity index (χ2v) is 4.77. The molecule has 16 heavy (non-hydrogen) atoms. The quantitative estimate of drug-likeness (QED) is 0.749. The van der Waals surface area contributed by atoms with E-state index in [2.05, 4.69) is 38.6 Å². The van der Waals surface area contributed by atoms with E-state index in [1.807, 2.05) is 6.92 Å². The molecule has 1 aromatic rings. The summed E-state index contributed by atoms with van der Waals surface area (Å²) in [6.07, 6.45) is 2.21. The van der Waals surface area contributed by atoms with E-state index < -0.39 is 0 Å². The Morgan fingerprint density at radius 1 is 1.31 bits per heavy atom. The molecule has 0 heterocycles. The highest BCUT2D eigenvalue weighted by Crippen LogP contribution is 2.14. The number of aliphatic hydroxyl groups excluding tert-OH is 1. The Morgan fingerprint density at radius 3 is 2.56 bits per heavy atom. The van der Waals surface area contributed by atoms with E-state index in [-0.39, 0.29) is 6.10 Å². The fourth-order valence-electron chi connectivity index (χ4n) is 1.72. The summed E-state index contributed by atoms with van der Waals surface area (Å²) in [6.45, 7) is 10.1. The average Bonchev–Trinajstić information content (AvgIpc) is 2.21. The van der Waals surface area contributed by atoms with Crippen molar-refractivity contribution in [3.8, 4) is 0 Å². The average molecular weight is 218 g/mol. The van der Waals surface area contributed by atoms with Crippen molar-refractivity contribution in [3.05, 3.63) is 47.0 Å². The van der Waals surface area contributed by atoms with Crippen LogP contribution in [0.15, 0.2) is 30.4 Å². The highest BCUT2D eigenvalue weighted by molar-refractivity contribution is 5.30. The fraction of sp³-hybridized carbons (Fsp3) is 0.467. The Balaban J connectivity index is 2.52. The highest BCUT2D eigenvalue weighted by atomic mass is 16.3. The Hall–Kier alpha value is -1.08. The van der Waals surface area contributed by atoms with Gasteiger partial charge in [0.1, 0.15) is 0 Å². The Labute approximate surface area is 98.8 Å². The molecule has 0 spiro atoms. The van der Waals surface area contributed by atoms with Crippen molar-refractivity contribution in [2.45, 2.75) is 46.1 Å². The summed E-state index contributed by atoms with van der Waals surface area (Å²) in [6, 6.07) is 6.39. The molecule has 1 atom stereocenters. The standard InChI is InChI=1S/C15H22O/c1-11(2)5-8-15(16)10-14-7-6-12(3)13(4)9-14/h6-7,9,15-16H,1,5,8,10H2,2-4H3. The molecule has 0 saturated heterocycles. The van der Waals surface area contributed by atoms with Crippen LogP contribution in [0.4, 0.5) is 0 Å². The van der Waals surface area contributed by atoms with Crippen LogP contribution in [-0.2, 0) is 6.42 Å². The second-order valence-electron chi connectivity index (χ2n) is 4.77. The topological polar surface area (TPSA) is 20.2 Å². The van der Waals surface area contributed by atoms with Crippen molar-refractivity contribution in [1.29, 1.82) is 0 Å². The number of rotatable bonds is 5. The molecule has 0 aliphatic heterocycles. The lowest BCUT2D eigenvalue weighted by Crippen LogP contribution is -2.10. The van der Waals surface area contributed by atoms with Gasteiger partial charge in [-0.15, -0.1) is 6.58 Å². The summed E-state index contributed by atoms with van der Waals surface area (Å²) in [5.41, 5.74) is 4.96. The number of aliphatic hydroxyl groups is 1. The molecule has 88 valence electrons. The van der Waals surface area contributed by atoms with Gasteiger partial charge in [-0.3, -0.25) is 0 Å². The molecule has 0 aromatic heterocycles. The maximum Gasteiger partial charge on any atom is 0.0583 e. The summed E-state index contributed by atoms with van der Waals surface area (Å²) in [5, 5.41) is 9.87. The van der Waals surface area contributed by atoms with Gasteiger partial charge in [0.15, 0.2) is 0 Å². The van der Waals surface area contributed by atoms with Crippen molar-refractivity contribution >= 4 is 0 Å². The van der Waals surface area contributed by atoms with Crippen LogP contribution < -0.4 is 0 Å². The largest absolute Gasteiger partial charge is 0.393 e. The van der Waals surface area contributed by atoms with E-state index in [9.17, 15) is 5.11 Å². The molecule has 1 N–H and O–H groups in total. The first-order chi connectivity index (χ1) is 7.49. The first-order valence-electron chi connectivity index (χ1n) is 5.87. The van der Waals surface area contributed by atoms with Crippen molar-refractivity contribution in [2.24, 2.45) is 0 Å². The van der Waals surface area contributed by atoms with Gasteiger partial charge in [0.05, 0.1) is 6.10 Å². The molecule has 0 fully saturated rings. The molecule has 0 saturated carbocycles. The Morgan fingerprint density at radius 2 is 2.00 bits per heavy atom. The van der Waals surface area contributed by atoms with E-state index >= 15 is 0 Å². The van der Waals surface area contributed by atoms with Crippen molar-refractivity contribution < 1.29 is 5.11 Å². The highest BCUT2D eigenvalue weighted by Gasteiger charge is 2.06.